The molecule has 1 aliphatic rings. The second-order valence-electron chi connectivity index (χ2n) is 10.6. The van der Waals surface area contributed by atoms with E-state index in [0.717, 1.165) is 24.8 Å². The van der Waals surface area contributed by atoms with Gasteiger partial charge in [-0.2, -0.15) is 0 Å². The highest BCUT2D eigenvalue weighted by Crippen LogP contribution is 2.38. The zero-order valence-electron chi connectivity index (χ0n) is 22.0. The number of aliphatic hydroxyl groups is 1. The summed E-state index contributed by atoms with van der Waals surface area (Å²) in [5, 5.41) is 10.5. The quantitative estimate of drug-likeness (QED) is 0.120. The summed E-state index contributed by atoms with van der Waals surface area (Å²) in [6.07, 6.45) is 13.7. The zero-order chi connectivity index (χ0) is 25.2. The topological polar surface area (TPSA) is 65.0 Å². The van der Waals surface area contributed by atoms with Crippen LogP contribution in [0.5, 0.6) is 0 Å². The molecule has 0 spiro atoms. The van der Waals surface area contributed by atoms with Crippen molar-refractivity contribution in [2.75, 3.05) is 7.11 Å². The number of esters is 1. The largest absolute Gasteiger partial charge is 0.466 e. The zero-order valence-corrected chi connectivity index (χ0v) is 23.0. The Balaban J connectivity index is 2.92. The van der Waals surface area contributed by atoms with Gasteiger partial charge in [0.25, 0.3) is 0 Å². The Hall–Kier alpha value is -1.47. The molecule has 5 atom stereocenters. The molecule has 1 heterocycles. The van der Waals surface area contributed by atoms with Crippen LogP contribution in [0.4, 0.5) is 0 Å². The number of carbonyl (C=O) groups excluding carboxylic acids is 1. The average Bonchev–Trinajstić information content (AvgIpc) is 2.74. The summed E-state index contributed by atoms with van der Waals surface area (Å²) >= 11 is 0. The fourth-order valence-corrected chi connectivity index (χ4v) is 4.73. The lowest BCUT2D eigenvalue weighted by Gasteiger charge is -2.40. The van der Waals surface area contributed by atoms with Crippen molar-refractivity contribution in [2.24, 2.45) is 5.92 Å². The minimum absolute atomic E-state index is 0.00205. The summed E-state index contributed by atoms with van der Waals surface area (Å²) in [5.74, 6) is -0.324. The number of hydrogen-bond donors (Lipinski definition) is 1. The number of carbonyl (C=O) groups is 1. The highest BCUT2D eigenvalue weighted by molar-refractivity contribution is 6.74. The Bertz CT molecular complexity index is 717. The van der Waals surface area contributed by atoms with Crippen LogP contribution in [0.15, 0.2) is 48.6 Å². The van der Waals surface area contributed by atoms with Gasteiger partial charge in [-0.25, -0.2) is 4.79 Å². The van der Waals surface area contributed by atoms with Crippen molar-refractivity contribution in [2.45, 2.75) is 103 Å². The molecule has 1 aliphatic heterocycles. The minimum atomic E-state index is -1.98. The van der Waals surface area contributed by atoms with Crippen LogP contribution in [-0.4, -0.2) is 50.9 Å². The molecule has 0 aliphatic carbocycles. The van der Waals surface area contributed by atoms with Crippen LogP contribution in [0, 0.1) is 5.92 Å². The van der Waals surface area contributed by atoms with Crippen molar-refractivity contribution in [3.63, 3.8) is 0 Å². The van der Waals surface area contributed by atoms with Gasteiger partial charge in [-0.1, -0.05) is 63.6 Å². The van der Waals surface area contributed by atoms with Crippen molar-refractivity contribution in [1.29, 1.82) is 0 Å². The highest BCUT2D eigenvalue weighted by Gasteiger charge is 2.39. The van der Waals surface area contributed by atoms with Gasteiger partial charge in [-0.05, 0) is 43.8 Å². The second-order valence-corrected chi connectivity index (χ2v) is 15.4. The molecule has 0 saturated heterocycles. The van der Waals surface area contributed by atoms with Crippen molar-refractivity contribution >= 4 is 14.3 Å². The molecule has 188 valence electrons. The van der Waals surface area contributed by atoms with Crippen LogP contribution in [0.1, 0.15) is 60.3 Å². The first-order chi connectivity index (χ1) is 15.3. The number of hydrogen-bond acceptors (Lipinski definition) is 5. The molecule has 1 rings (SSSR count). The fourth-order valence-electron chi connectivity index (χ4n) is 3.36. The first-order valence-corrected chi connectivity index (χ1v) is 14.9. The van der Waals surface area contributed by atoms with Gasteiger partial charge in [0.2, 0.25) is 0 Å². The summed E-state index contributed by atoms with van der Waals surface area (Å²) in [6.45, 7) is 19.0. The van der Waals surface area contributed by atoms with E-state index in [4.69, 9.17) is 9.16 Å². The van der Waals surface area contributed by atoms with Crippen molar-refractivity contribution < 1.29 is 23.8 Å². The van der Waals surface area contributed by atoms with Crippen LogP contribution in [-0.2, 0) is 18.7 Å². The molecule has 1 N–H and O–H groups in total. The summed E-state index contributed by atoms with van der Waals surface area (Å²) in [4.78, 5) is 11.4. The van der Waals surface area contributed by atoms with E-state index in [-0.39, 0.29) is 35.2 Å². The first-order valence-electron chi connectivity index (χ1n) is 12.0. The number of rotatable bonds is 12. The summed E-state index contributed by atoms with van der Waals surface area (Å²) in [6, 6.07) is 0. The number of ether oxygens (including phenoxy) is 2. The Morgan fingerprint density at radius 1 is 1.30 bits per heavy atom. The minimum Gasteiger partial charge on any atom is -0.466 e. The SMILES string of the molecule is C=C[C@H](C)[C@@H](O)C[C@@H]1CC=C[C@@H](C[C@H](C/C=C(C)/C=C/C(=O)OC)O[Si](C)(C)C(C)(C)C)O1. The van der Waals surface area contributed by atoms with Gasteiger partial charge in [0, 0.05) is 18.9 Å². The molecule has 0 bridgehead atoms. The fraction of sp³-hybridized carbons (Fsp3) is 0.667. The monoisotopic (exact) mass is 478 g/mol. The Labute approximate surface area is 202 Å². The summed E-state index contributed by atoms with van der Waals surface area (Å²) in [7, 11) is -0.610. The van der Waals surface area contributed by atoms with E-state index in [1.807, 2.05) is 13.8 Å². The molecule has 5 nitrogen and oxygen atoms in total. The lowest BCUT2D eigenvalue weighted by Crippen LogP contribution is -2.45. The molecular weight excluding hydrogens is 432 g/mol. The standard InChI is InChI=1S/C27H46O5Si/c1-10-21(3)25(28)19-23-13-11-12-22(31-23)18-24(32-33(8,9)27(4,5)6)16-14-20(2)15-17-26(29)30-7/h10-12,14-15,17,21-25,28H,1,13,16,18-19H2,2-9H3/b17-15+,20-14+/t21-,22-,23-,24-,25-/m0/s1. The van der Waals surface area contributed by atoms with Crippen LogP contribution < -0.4 is 0 Å². The summed E-state index contributed by atoms with van der Waals surface area (Å²) < 4.78 is 17.8. The molecule has 0 aromatic carbocycles. The molecule has 0 amide bonds. The third-order valence-corrected chi connectivity index (χ3v) is 11.3. The van der Waals surface area contributed by atoms with Gasteiger partial charge >= 0.3 is 5.97 Å². The molecule has 0 aromatic heterocycles. The van der Waals surface area contributed by atoms with Gasteiger partial charge < -0.3 is 19.0 Å². The van der Waals surface area contributed by atoms with Crippen molar-refractivity contribution in [3.05, 3.63) is 48.6 Å². The van der Waals surface area contributed by atoms with E-state index in [9.17, 15) is 9.90 Å². The van der Waals surface area contributed by atoms with E-state index >= 15 is 0 Å². The maximum Gasteiger partial charge on any atom is 0.330 e. The molecule has 0 unspecified atom stereocenters. The molecule has 0 radical (unpaired) electrons. The lowest BCUT2D eigenvalue weighted by molar-refractivity contribution is -0.134. The number of methoxy groups -OCH3 is 1. The van der Waals surface area contributed by atoms with E-state index < -0.39 is 14.4 Å². The van der Waals surface area contributed by atoms with Crippen LogP contribution in [0.3, 0.4) is 0 Å². The molecule has 33 heavy (non-hydrogen) atoms. The van der Waals surface area contributed by atoms with Gasteiger partial charge in [-0.3, -0.25) is 0 Å². The maximum atomic E-state index is 11.4. The van der Waals surface area contributed by atoms with E-state index in [1.54, 1.807) is 12.2 Å². The third-order valence-electron chi connectivity index (χ3n) is 6.75. The van der Waals surface area contributed by atoms with Crippen molar-refractivity contribution in [1.82, 2.24) is 0 Å². The predicted molar refractivity (Wildman–Crippen MR) is 139 cm³/mol. The van der Waals surface area contributed by atoms with E-state index in [2.05, 4.69) is 63.4 Å². The second kappa shape index (κ2) is 13.4. The molecule has 0 saturated carbocycles. The first kappa shape index (κ1) is 29.6. The van der Waals surface area contributed by atoms with Gasteiger partial charge in [0.15, 0.2) is 8.32 Å². The van der Waals surface area contributed by atoms with Crippen LogP contribution in [0.25, 0.3) is 0 Å². The molecule has 6 heteroatoms. The van der Waals surface area contributed by atoms with Gasteiger partial charge in [-0.15, -0.1) is 6.58 Å². The van der Waals surface area contributed by atoms with Crippen molar-refractivity contribution in [3.8, 4) is 0 Å². The normalized spacial score (nSPS) is 22.8. The third kappa shape index (κ3) is 10.5. The molecule has 0 aromatic rings. The lowest BCUT2D eigenvalue weighted by atomic mass is 9.96. The van der Waals surface area contributed by atoms with Crippen LogP contribution in [0.2, 0.25) is 18.1 Å². The van der Waals surface area contributed by atoms with Crippen LogP contribution >= 0.6 is 0 Å². The number of aliphatic hydroxyl groups excluding tert-OH is 1. The van der Waals surface area contributed by atoms with E-state index in [1.165, 1.54) is 13.2 Å². The molecule has 0 fully saturated rings. The van der Waals surface area contributed by atoms with Gasteiger partial charge in [0.1, 0.15) is 0 Å². The average molecular weight is 479 g/mol. The smallest absolute Gasteiger partial charge is 0.330 e. The number of allylic oxidation sites excluding steroid dienone is 2. The summed E-state index contributed by atoms with van der Waals surface area (Å²) in [5.41, 5.74) is 0.990. The highest BCUT2D eigenvalue weighted by atomic mass is 28.4. The maximum absolute atomic E-state index is 11.4. The predicted octanol–water partition coefficient (Wildman–Crippen LogP) is 6.12. The van der Waals surface area contributed by atoms with E-state index in [0.29, 0.717) is 6.42 Å². The molecular formula is C27H46O5Si. The Morgan fingerprint density at radius 3 is 2.55 bits per heavy atom. The Morgan fingerprint density at radius 2 is 1.97 bits per heavy atom. The van der Waals surface area contributed by atoms with Gasteiger partial charge in [0.05, 0.1) is 31.5 Å². The Kier molecular flexibility index (Phi) is 12.0.